The highest BCUT2D eigenvalue weighted by Crippen LogP contribution is 2.21. The zero-order valence-electron chi connectivity index (χ0n) is 10.1. The van der Waals surface area contributed by atoms with E-state index in [1.165, 1.54) is 16.2 Å². The maximum atomic E-state index is 11.9. The van der Waals surface area contributed by atoms with E-state index in [2.05, 4.69) is 5.32 Å². The van der Waals surface area contributed by atoms with E-state index in [-0.39, 0.29) is 12.6 Å². The molecule has 3 amide bonds. The SMILES string of the molecule is NC(=O)C1CN(C(=O)NCc2ccc(Cl)s2)CCO1. The molecule has 1 unspecified atom stereocenters. The van der Waals surface area contributed by atoms with Crippen molar-refractivity contribution in [3.63, 3.8) is 0 Å². The zero-order valence-corrected chi connectivity index (χ0v) is 11.7. The highest BCUT2D eigenvalue weighted by Gasteiger charge is 2.27. The molecule has 0 bridgehead atoms. The summed E-state index contributed by atoms with van der Waals surface area (Å²) in [7, 11) is 0. The van der Waals surface area contributed by atoms with Crippen LogP contribution in [0.15, 0.2) is 12.1 Å². The maximum Gasteiger partial charge on any atom is 0.317 e. The number of halogens is 1. The van der Waals surface area contributed by atoms with Crippen LogP contribution in [-0.2, 0) is 16.1 Å². The Morgan fingerprint density at radius 3 is 3.00 bits per heavy atom. The van der Waals surface area contributed by atoms with Crippen molar-refractivity contribution in [1.82, 2.24) is 10.2 Å². The smallest absolute Gasteiger partial charge is 0.317 e. The van der Waals surface area contributed by atoms with Gasteiger partial charge in [0, 0.05) is 11.4 Å². The summed E-state index contributed by atoms with van der Waals surface area (Å²) >= 11 is 7.22. The molecule has 1 fully saturated rings. The summed E-state index contributed by atoms with van der Waals surface area (Å²) < 4.78 is 5.86. The van der Waals surface area contributed by atoms with Gasteiger partial charge in [0.15, 0.2) is 6.10 Å². The fourth-order valence-electron chi connectivity index (χ4n) is 1.73. The fourth-order valence-corrected chi connectivity index (χ4v) is 2.75. The van der Waals surface area contributed by atoms with Gasteiger partial charge in [-0.2, -0.15) is 0 Å². The van der Waals surface area contributed by atoms with Crippen molar-refractivity contribution < 1.29 is 14.3 Å². The number of carbonyl (C=O) groups excluding carboxylic acids is 2. The number of primary amides is 1. The quantitative estimate of drug-likeness (QED) is 0.866. The number of amides is 3. The predicted octanol–water partition coefficient (Wildman–Crippen LogP) is 0.797. The minimum absolute atomic E-state index is 0.187. The number of hydrogen-bond acceptors (Lipinski definition) is 4. The molecule has 3 N–H and O–H groups in total. The first-order valence-corrected chi connectivity index (χ1v) is 6.93. The van der Waals surface area contributed by atoms with Crippen molar-refractivity contribution in [3.8, 4) is 0 Å². The average Bonchev–Trinajstić information content (AvgIpc) is 2.82. The summed E-state index contributed by atoms with van der Waals surface area (Å²) in [6.07, 6.45) is -0.726. The van der Waals surface area contributed by atoms with Gasteiger partial charge >= 0.3 is 6.03 Å². The second kappa shape index (κ2) is 6.23. The Kier molecular flexibility index (Phi) is 4.62. The van der Waals surface area contributed by atoms with E-state index in [0.717, 1.165) is 4.88 Å². The van der Waals surface area contributed by atoms with Crippen LogP contribution >= 0.6 is 22.9 Å². The second-order valence-electron chi connectivity index (χ2n) is 4.07. The van der Waals surface area contributed by atoms with Crippen LogP contribution < -0.4 is 11.1 Å². The maximum absolute atomic E-state index is 11.9. The molecule has 1 atom stereocenters. The van der Waals surface area contributed by atoms with Crippen LogP contribution in [0.4, 0.5) is 4.79 Å². The molecule has 2 heterocycles. The molecule has 0 aromatic carbocycles. The first kappa shape index (κ1) is 14.1. The largest absolute Gasteiger partial charge is 0.367 e. The number of nitrogens with two attached hydrogens (primary N) is 1. The van der Waals surface area contributed by atoms with Gasteiger partial charge in [0.05, 0.1) is 24.0 Å². The third-order valence-electron chi connectivity index (χ3n) is 2.71. The third kappa shape index (κ3) is 3.82. The Morgan fingerprint density at radius 1 is 1.58 bits per heavy atom. The minimum Gasteiger partial charge on any atom is -0.367 e. The van der Waals surface area contributed by atoms with Crippen molar-refractivity contribution in [2.75, 3.05) is 19.7 Å². The summed E-state index contributed by atoms with van der Waals surface area (Å²) in [6.45, 7) is 1.36. The molecule has 2 rings (SSSR count). The first-order valence-electron chi connectivity index (χ1n) is 5.74. The summed E-state index contributed by atoms with van der Waals surface area (Å²) in [5.74, 6) is -0.553. The van der Waals surface area contributed by atoms with Crippen molar-refractivity contribution in [3.05, 3.63) is 21.3 Å². The van der Waals surface area contributed by atoms with Gasteiger partial charge in [-0.1, -0.05) is 11.6 Å². The number of nitrogens with one attached hydrogen (secondary N) is 1. The van der Waals surface area contributed by atoms with Crippen molar-refractivity contribution in [2.45, 2.75) is 12.6 Å². The lowest BCUT2D eigenvalue weighted by Crippen LogP contribution is -2.53. The molecule has 0 spiro atoms. The van der Waals surface area contributed by atoms with Gasteiger partial charge in [0.25, 0.3) is 0 Å². The summed E-state index contributed by atoms with van der Waals surface area (Å²) in [5, 5.41) is 2.77. The van der Waals surface area contributed by atoms with Crippen molar-refractivity contribution >= 4 is 34.9 Å². The lowest BCUT2D eigenvalue weighted by Gasteiger charge is -2.31. The third-order valence-corrected chi connectivity index (χ3v) is 3.94. The molecule has 104 valence electrons. The molecule has 8 heteroatoms. The molecule has 1 aliphatic rings. The molecule has 0 aliphatic carbocycles. The van der Waals surface area contributed by atoms with Crippen LogP contribution in [0.2, 0.25) is 4.34 Å². The Hall–Kier alpha value is -1.31. The van der Waals surface area contributed by atoms with Gasteiger partial charge in [-0.3, -0.25) is 4.79 Å². The van der Waals surface area contributed by atoms with E-state index >= 15 is 0 Å². The molecular formula is C11H14ClN3O3S. The van der Waals surface area contributed by atoms with Gasteiger partial charge in [0.2, 0.25) is 5.91 Å². The van der Waals surface area contributed by atoms with Gasteiger partial charge in [-0.15, -0.1) is 11.3 Å². The Balaban J connectivity index is 1.84. The lowest BCUT2D eigenvalue weighted by molar-refractivity contribution is -0.133. The van der Waals surface area contributed by atoms with Crippen LogP contribution in [0.25, 0.3) is 0 Å². The zero-order chi connectivity index (χ0) is 13.8. The highest BCUT2D eigenvalue weighted by atomic mass is 35.5. The van der Waals surface area contributed by atoms with Gasteiger partial charge < -0.3 is 20.7 Å². The van der Waals surface area contributed by atoms with Crippen LogP contribution in [0.3, 0.4) is 0 Å². The van der Waals surface area contributed by atoms with E-state index in [9.17, 15) is 9.59 Å². The first-order chi connectivity index (χ1) is 9.06. The lowest BCUT2D eigenvalue weighted by atomic mass is 10.2. The predicted molar refractivity (Wildman–Crippen MR) is 72.1 cm³/mol. The van der Waals surface area contributed by atoms with Crippen LogP contribution in [0, 0.1) is 0 Å². The van der Waals surface area contributed by atoms with Gasteiger partial charge in [-0.05, 0) is 12.1 Å². The Morgan fingerprint density at radius 2 is 2.37 bits per heavy atom. The molecule has 1 aromatic rings. The molecule has 6 nitrogen and oxygen atoms in total. The van der Waals surface area contributed by atoms with E-state index < -0.39 is 12.0 Å². The van der Waals surface area contributed by atoms with E-state index in [0.29, 0.717) is 24.0 Å². The van der Waals surface area contributed by atoms with Gasteiger partial charge in [-0.25, -0.2) is 4.79 Å². The van der Waals surface area contributed by atoms with E-state index in [4.69, 9.17) is 22.1 Å². The molecular weight excluding hydrogens is 290 g/mol. The van der Waals surface area contributed by atoms with Crippen LogP contribution in [0.5, 0.6) is 0 Å². The molecule has 0 saturated carbocycles. The topological polar surface area (TPSA) is 84.7 Å². The molecule has 1 aliphatic heterocycles. The van der Waals surface area contributed by atoms with Crippen molar-refractivity contribution in [2.24, 2.45) is 5.73 Å². The number of ether oxygens (including phenoxy) is 1. The molecule has 19 heavy (non-hydrogen) atoms. The monoisotopic (exact) mass is 303 g/mol. The number of nitrogens with zero attached hydrogens (tertiary/aromatic N) is 1. The fraction of sp³-hybridized carbons (Fsp3) is 0.455. The molecule has 0 radical (unpaired) electrons. The number of thiophene rings is 1. The van der Waals surface area contributed by atoms with Crippen LogP contribution in [0.1, 0.15) is 4.88 Å². The number of morpholine rings is 1. The number of carbonyl (C=O) groups is 2. The Bertz CT molecular complexity index is 480. The molecule has 1 saturated heterocycles. The van der Waals surface area contributed by atoms with Gasteiger partial charge in [0.1, 0.15) is 0 Å². The number of rotatable bonds is 3. The van der Waals surface area contributed by atoms with Crippen LogP contribution in [-0.4, -0.2) is 42.6 Å². The minimum atomic E-state index is -0.726. The van der Waals surface area contributed by atoms with Crippen molar-refractivity contribution in [1.29, 1.82) is 0 Å². The summed E-state index contributed by atoms with van der Waals surface area (Å²) in [6, 6.07) is 3.41. The standard InChI is InChI=1S/C11H14ClN3O3S/c12-9-2-1-7(19-9)5-14-11(17)15-3-4-18-8(6-15)10(13)16/h1-2,8H,3-6H2,(H2,13,16)(H,14,17). The normalized spacial score (nSPS) is 19.2. The number of hydrogen-bond donors (Lipinski definition) is 2. The number of urea groups is 1. The second-order valence-corrected chi connectivity index (χ2v) is 5.87. The Labute approximate surface area is 119 Å². The summed E-state index contributed by atoms with van der Waals surface area (Å²) in [5.41, 5.74) is 5.16. The average molecular weight is 304 g/mol. The summed E-state index contributed by atoms with van der Waals surface area (Å²) in [4.78, 5) is 25.4. The highest BCUT2D eigenvalue weighted by molar-refractivity contribution is 7.16. The molecule has 1 aromatic heterocycles. The van der Waals surface area contributed by atoms with E-state index in [1.54, 1.807) is 6.07 Å². The van der Waals surface area contributed by atoms with E-state index in [1.807, 2.05) is 6.07 Å².